The summed E-state index contributed by atoms with van der Waals surface area (Å²) in [6.45, 7) is 5.70. The van der Waals surface area contributed by atoms with E-state index in [1.807, 2.05) is 6.92 Å². The van der Waals surface area contributed by atoms with Crippen LogP contribution in [0.3, 0.4) is 0 Å². The minimum atomic E-state index is -1.08. The van der Waals surface area contributed by atoms with Gasteiger partial charge in [-0.15, -0.1) is 0 Å². The van der Waals surface area contributed by atoms with Gasteiger partial charge in [0.1, 0.15) is 6.61 Å². The Bertz CT molecular complexity index is 304. The third-order valence-corrected chi connectivity index (χ3v) is 2.61. The van der Waals surface area contributed by atoms with Crippen molar-refractivity contribution in [1.82, 2.24) is 4.90 Å². The number of amides is 1. The highest BCUT2D eigenvalue weighted by Crippen LogP contribution is 2.17. The lowest BCUT2D eigenvalue weighted by Crippen LogP contribution is -2.57. The largest absolute Gasteiger partial charge is 0.480 e. The van der Waals surface area contributed by atoms with Crippen molar-refractivity contribution >= 4 is 12.1 Å². The van der Waals surface area contributed by atoms with Crippen LogP contribution in [0.2, 0.25) is 0 Å². The average molecular weight is 243 g/mol. The highest BCUT2D eigenvalue weighted by Gasteiger charge is 2.39. The van der Waals surface area contributed by atoms with E-state index >= 15 is 0 Å². The summed E-state index contributed by atoms with van der Waals surface area (Å²) in [7, 11) is 0. The number of carbonyl (C=O) groups excluding carboxylic acids is 1. The maximum absolute atomic E-state index is 11.8. The smallest absolute Gasteiger partial charge is 0.411 e. The van der Waals surface area contributed by atoms with Crippen molar-refractivity contribution in [3.8, 4) is 0 Å². The summed E-state index contributed by atoms with van der Waals surface area (Å²) in [5.74, 6) is -1.08. The number of morpholine rings is 1. The summed E-state index contributed by atoms with van der Waals surface area (Å²) < 4.78 is 10.1. The van der Waals surface area contributed by atoms with E-state index in [-0.39, 0.29) is 19.3 Å². The van der Waals surface area contributed by atoms with Gasteiger partial charge < -0.3 is 14.6 Å². The third-order valence-electron chi connectivity index (χ3n) is 2.61. The number of carboxylic acid groups (broad SMARTS) is 1. The fourth-order valence-corrected chi connectivity index (χ4v) is 1.72. The van der Waals surface area contributed by atoms with Crippen LogP contribution in [-0.2, 0) is 14.3 Å². The molecule has 6 nitrogen and oxygen atoms in total. The molecule has 0 unspecified atom stereocenters. The predicted molar refractivity (Wildman–Crippen MR) is 59.7 cm³/mol. The first kappa shape index (κ1) is 13.5. The second kappa shape index (κ2) is 6.24. The van der Waals surface area contributed by atoms with Gasteiger partial charge in [0.25, 0.3) is 0 Å². The Hall–Kier alpha value is -1.56. The lowest BCUT2D eigenvalue weighted by molar-refractivity contribution is -0.151. The number of carboxylic acids is 1. The highest BCUT2D eigenvalue weighted by atomic mass is 16.6. The van der Waals surface area contributed by atoms with Crippen LogP contribution >= 0.6 is 0 Å². The zero-order valence-corrected chi connectivity index (χ0v) is 9.80. The lowest BCUT2D eigenvalue weighted by Gasteiger charge is -2.38. The Labute approximate surface area is 99.8 Å². The summed E-state index contributed by atoms with van der Waals surface area (Å²) in [5.41, 5.74) is 0. The molecular formula is C11H17NO5. The van der Waals surface area contributed by atoms with E-state index in [4.69, 9.17) is 14.6 Å². The number of carbonyl (C=O) groups is 2. The molecule has 0 aromatic carbocycles. The fourth-order valence-electron chi connectivity index (χ4n) is 1.72. The Morgan fingerprint density at radius 1 is 1.59 bits per heavy atom. The normalized spacial score (nSPS) is 24.2. The SMILES string of the molecule is C=CCOC(=O)N1[C@@H](CC)COC[C@H]1C(=O)O. The van der Waals surface area contributed by atoms with Gasteiger partial charge in [0.05, 0.1) is 19.3 Å². The van der Waals surface area contributed by atoms with E-state index in [2.05, 4.69) is 6.58 Å². The highest BCUT2D eigenvalue weighted by molar-refractivity contribution is 5.80. The van der Waals surface area contributed by atoms with Gasteiger partial charge in [0.15, 0.2) is 6.04 Å². The molecule has 1 fully saturated rings. The first-order valence-corrected chi connectivity index (χ1v) is 5.48. The van der Waals surface area contributed by atoms with Gasteiger partial charge in [-0.2, -0.15) is 0 Å². The van der Waals surface area contributed by atoms with Crippen LogP contribution in [0.4, 0.5) is 4.79 Å². The van der Waals surface area contributed by atoms with Gasteiger partial charge in [0.2, 0.25) is 0 Å². The van der Waals surface area contributed by atoms with Crippen LogP contribution in [0.25, 0.3) is 0 Å². The van der Waals surface area contributed by atoms with Crippen LogP contribution in [0.5, 0.6) is 0 Å². The van der Waals surface area contributed by atoms with Gasteiger partial charge >= 0.3 is 12.1 Å². The van der Waals surface area contributed by atoms with Crippen LogP contribution in [0.1, 0.15) is 13.3 Å². The Morgan fingerprint density at radius 2 is 2.29 bits per heavy atom. The Kier molecular flexibility index (Phi) is 4.96. The van der Waals surface area contributed by atoms with Crippen LogP contribution < -0.4 is 0 Å². The van der Waals surface area contributed by atoms with Gasteiger partial charge in [-0.1, -0.05) is 19.6 Å². The number of rotatable bonds is 4. The van der Waals surface area contributed by atoms with Gasteiger partial charge in [-0.05, 0) is 6.42 Å². The number of hydrogen-bond donors (Lipinski definition) is 1. The molecule has 0 aromatic heterocycles. The van der Waals surface area contributed by atoms with E-state index in [0.29, 0.717) is 13.0 Å². The molecule has 1 N–H and O–H groups in total. The maximum Gasteiger partial charge on any atom is 0.411 e. The maximum atomic E-state index is 11.8. The van der Waals surface area contributed by atoms with E-state index < -0.39 is 18.1 Å². The first-order chi connectivity index (χ1) is 8.11. The molecular weight excluding hydrogens is 226 g/mol. The third kappa shape index (κ3) is 3.20. The second-order valence-electron chi connectivity index (χ2n) is 3.73. The van der Waals surface area contributed by atoms with E-state index in [0.717, 1.165) is 0 Å². The Balaban J connectivity index is 2.79. The zero-order chi connectivity index (χ0) is 12.8. The summed E-state index contributed by atoms with van der Waals surface area (Å²) in [4.78, 5) is 24.1. The van der Waals surface area contributed by atoms with Crippen molar-refractivity contribution in [1.29, 1.82) is 0 Å². The first-order valence-electron chi connectivity index (χ1n) is 5.48. The molecule has 0 saturated carbocycles. The van der Waals surface area contributed by atoms with Crippen molar-refractivity contribution in [2.24, 2.45) is 0 Å². The second-order valence-corrected chi connectivity index (χ2v) is 3.73. The molecule has 1 aliphatic heterocycles. The zero-order valence-electron chi connectivity index (χ0n) is 9.80. The van der Waals surface area contributed by atoms with Gasteiger partial charge in [-0.25, -0.2) is 9.59 Å². The molecule has 1 aliphatic rings. The number of hydrogen-bond acceptors (Lipinski definition) is 4. The summed E-state index contributed by atoms with van der Waals surface area (Å²) in [5, 5.41) is 9.05. The molecule has 0 aromatic rings. The average Bonchev–Trinajstić information content (AvgIpc) is 2.34. The lowest BCUT2D eigenvalue weighted by atomic mass is 10.1. The minimum absolute atomic E-state index is 0.00494. The molecule has 1 rings (SSSR count). The summed E-state index contributed by atoms with van der Waals surface area (Å²) in [6.07, 6.45) is 1.43. The summed E-state index contributed by atoms with van der Waals surface area (Å²) in [6, 6.07) is -1.24. The van der Waals surface area contributed by atoms with Crippen molar-refractivity contribution in [3.63, 3.8) is 0 Å². The molecule has 0 aliphatic carbocycles. The van der Waals surface area contributed by atoms with E-state index in [1.165, 1.54) is 11.0 Å². The van der Waals surface area contributed by atoms with E-state index in [1.54, 1.807) is 0 Å². The molecule has 0 bridgehead atoms. The number of nitrogens with zero attached hydrogens (tertiary/aromatic N) is 1. The number of ether oxygens (including phenoxy) is 2. The molecule has 1 saturated heterocycles. The molecule has 17 heavy (non-hydrogen) atoms. The standard InChI is InChI=1S/C11H17NO5/c1-3-5-17-11(15)12-8(4-2)6-16-7-9(12)10(13)14/h3,8-9H,1,4-7H2,2H3,(H,13,14)/t8-,9-/m0/s1. The molecule has 0 spiro atoms. The Morgan fingerprint density at radius 3 is 2.82 bits per heavy atom. The quantitative estimate of drug-likeness (QED) is 0.741. The van der Waals surface area contributed by atoms with E-state index in [9.17, 15) is 9.59 Å². The topological polar surface area (TPSA) is 76.1 Å². The van der Waals surface area contributed by atoms with Crippen LogP contribution in [-0.4, -0.2) is 54.0 Å². The van der Waals surface area contributed by atoms with Gasteiger partial charge in [0, 0.05) is 0 Å². The fraction of sp³-hybridized carbons (Fsp3) is 0.636. The number of aliphatic carboxylic acids is 1. The van der Waals surface area contributed by atoms with Crippen molar-refractivity contribution in [3.05, 3.63) is 12.7 Å². The molecule has 96 valence electrons. The minimum Gasteiger partial charge on any atom is -0.480 e. The monoisotopic (exact) mass is 243 g/mol. The van der Waals surface area contributed by atoms with Crippen molar-refractivity contribution in [2.75, 3.05) is 19.8 Å². The molecule has 6 heteroatoms. The predicted octanol–water partition coefficient (Wildman–Crippen LogP) is 0.873. The van der Waals surface area contributed by atoms with Crippen molar-refractivity contribution in [2.45, 2.75) is 25.4 Å². The molecule has 1 amide bonds. The van der Waals surface area contributed by atoms with Crippen LogP contribution in [0, 0.1) is 0 Å². The van der Waals surface area contributed by atoms with Crippen LogP contribution in [0.15, 0.2) is 12.7 Å². The van der Waals surface area contributed by atoms with Crippen molar-refractivity contribution < 1.29 is 24.2 Å². The molecule has 0 radical (unpaired) electrons. The molecule has 1 heterocycles. The molecule has 2 atom stereocenters. The summed E-state index contributed by atoms with van der Waals surface area (Å²) >= 11 is 0. The van der Waals surface area contributed by atoms with Gasteiger partial charge in [-0.3, -0.25) is 4.90 Å².